The molecule has 0 saturated carbocycles. The molecule has 0 saturated heterocycles. The van der Waals surface area contributed by atoms with Crippen molar-refractivity contribution in [2.45, 2.75) is 46.3 Å². The predicted octanol–water partition coefficient (Wildman–Crippen LogP) is 4.40. The number of fused-ring (bicyclic) bond motifs is 3. The molecule has 0 spiro atoms. The van der Waals surface area contributed by atoms with Gasteiger partial charge in [0.25, 0.3) is 0 Å². The summed E-state index contributed by atoms with van der Waals surface area (Å²) in [5, 5.41) is 4.53. The summed E-state index contributed by atoms with van der Waals surface area (Å²) in [4.78, 5) is 37.0. The Morgan fingerprint density at radius 3 is 2.30 bits per heavy atom. The van der Waals surface area contributed by atoms with Gasteiger partial charge in [0.2, 0.25) is 0 Å². The number of ether oxygens (including phenoxy) is 2. The van der Waals surface area contributed by atoms with Gasteiger partial charge in [-0.05, 0) is 50.3 Å². The second-order valence-corrected chi connectivity index (χ2v) is 8.38. The third-order valence-corrected chi connectivity index (χ3v) is 4.40. The number of carbonyl (C=O) groups excluding carboxylic acids is 2. The summed E-state index contributed by atoms with van der Waals surface area (Å²) < 4.78 is 16.1. The van der Waals surface area contributed by atoms with Gasteiger partial charge in [-0.2, -0.15) is 0 Å². The van der Waals surface area contributed by atoms with E-state index >= 15 is 0 Å². The van der Waals surface area contributed by atoms with Crippen molar-refractivity contribution in [2.24, 2.45) is 5.92 Å². The average molecular weight is 411 g/mol. The Bertz CT molecular complexity index is 1160. The number of esters is 1. The van der Waals surface area contributed by atoms with E-state index in [1.807, 2.05) is 12.1 Å². The summed E-state index contributed by atoms with van der Waals surface area (Å²) in [6, 6.07) is 11.1. The lowest BCUT2D eigenvalue weighted by Crippen LogP contribution is -2.48. The van der Waals surface area contributed by atoms with Crippen LogP contribution in [0.5, 0.6) is 5.75 Å². The fourth-order valence-electron chi connectivity index (χ4n) is 3.04. The Morgan fingerprint density at radius 2 is 1.67 bits per heavy atom. The Labute approximate surface area is 174 Å². The quantitative estimate of drug-likeness (QED) is 0.296. The van der Waals surface area contributed by atoms with E-state index in [-0.39, 0.29) is 11.7 Å². The van der Waals surface area contributed by atoms with E-state index in [9.17, 15) is 14.4 Å². The van der Waals surface area contributed by atoms with Crippen LogP contribution in [-0.2, 0) is 9.53 Å². The van der Waals surface area contributed by atoms with Gasteiger partial charge in [0.05, 0.1) is 5.39 Å². The van der Waals surface area contributed by atoms with Crippen molar-refractivity contribution < 1.29 is 23.5 Å². The number of hydrogen-bond donors (Lipinski definition) is 1. The number of benzene rings is 2. The Morgan fingerprint density at radius 1 is 1.00 bits per heavy atom. The summed E-state index contributed by atoms with van der Waals surface area (Å²) in [5.74, 6) is -0.659. The van der Waals surface area contributed by atoms with E-state index in [0.29, 0.717) is 11.0 Å². The molecule has 158 valence electrons. The standard InChI is InChI=1S/C23H25NO6/c1-13(2)19(24-22(27)30-23(3,4)5)21(26)28-14-10-11-16-15-8-6-7-9-17(15)20(25)29-18(16)12-14/h6-13,19H,1-5H3,(H,24,27)/t19-/m1/s1. The first-order valence-electron chi connectivity index (χ1n) is 9.72. The van der Waals surface area contributed by atoms with Crippen molar-refractivity contribution in [1.82, 2.24) is 5.32 Å². The van der Waals surface area contributed by atoms with Crippen LogP contribution in [0.15, 0.2) is 51.7 Å². The maximum atomic E-state index is 12.7. The van der Waals surface area contributed by atoms with E-state index in [1.165, 1.54) is 6.07 Å². The normalized spacial score (nSPS) is 12.7. The molecule has 3 aromatic rings. The molecule has 0 bridgehead atoms. The zero-order chi connectivity index (χ0) is 22.1. The molecule has 0 fully saturated rings. The Hall–Kier alpha value is -3.35. The second-order valence-electron chi connectivity index (χ2n) is 8.38. The highest BCUT2D eigenvalue weighted by Gasteiger charge is 2.28. The fraction of sp³-hybridized carbons (Fsp3) is 0.348. The molecule has 1 heterocycles. The van der Waals surface area contributed by atoms with Gasteiger partial charge in [-0.25, -0.2) is 14.4 Å². The Kier molecular flexibility index (Phi) is 5.82. The van der Waals surface area contributed by atoms with Crippen LogP contribution in [0.1, 0.15) is 34.6 Å². The van der Waals surface area contributed by atoms with Crippen molar-refractivity contribution in [3.05, 3.63) is 52.9 Å². The number of nitrogens with one attached hydrogen (secondary N) is 1. The van der Waals surface area contributed by atoms with Gasteiger partial charge in [-0.1, -0.05) is 32.0 Å². The van der Waals surface area contributed by atoms with Crippen molar-refractivity contribution in [1.29, 1.82) is 0 Å². The fourth-order valence-corrected chi connectivity index (χ4v) is 3.04. The topological polar surface area (TPSA) is 94.8 Å². The van der Waals surface area contributed by atoms with E-state index < -0.39 is 29.3 Å². The minimum atomic E-state index is -0.904. The zero-order valence-electron chi connectivity index (χ0n) is 17.6. The maximum absolute atomic E-state index is 12.7. The molecule has 0 aliphatic rings. The van der Waals surface area contributed by atoms with Crippen molar-refractivity contribution in [2.75, 3.05) is 0 Å². The molecule has 2 aromatic carbocycles. The molecule has 0 aliphatic carbocycles. The second kappa shape index (κ2) is 8.18. The van der Waals surface area contributed by atoms with Crippen LogP contribution in [0, 0.1) is 5.92 Å². The molecule has 7 heteroatoms. The minimum Gasteiger partial charge on any atom is -0.444 e. The van der Waals surface area contributed by atoms with Crippen LogP contribution in [0.4, 0.5) is 4.79 Å². The van der Waals surface area contributed by atoms with Gasteiger partial charge >= 0.3 is 17.7 Å². The lowest BCUT2D eigenvalue weighted by molar-refractivity contribution is -0.137. The van der Waals surface area contributed by atoms with Gasteiger partial charge in [-0.3, -0.25) is 0 Å². The molecule has 3 rings (SSSR count). The van der Waals surface area contributed by atoms with Gasteiger partial charge < -0.3 is 19.2 Å². The zero-order valence-corrected chi connectivity index (χ0v) is 17.6. The largest absolute Gasteiger partial charge is 0.444 e. The molecular formula is C23H25NO6. The summed E-state index contributed by atoms with van der Waals surface area (Å²) in [6.07, 6.45) is -0.700. The molecule has 7 nitrogen and oxygen atoms in total. The maximum Gasteiger partial charge on any atom is 0.408 e. The molecular weight excluding hydrogens is 386 g/mol. The SMILES string of the molecule is CC(C)[C@@H](NC(=O)OC(C)(C)C)C(=O)Oc1ccc2c(c1)oc(=O)c1ccccc12. The van der Waals surface area contributed by atoms with Gasteiger partial charge in [0.1, 0.15) is 23.0 Å². The number of alkyl carbamates (subject to hydrolysis) is 1. The van der Waals surface area contributed by atoms with E-state index in [2.05, 4.69) is 5.32 Å². The number of amides is 1. The van der Waals surface area contributed by atoms with Crippen molar-refractivity contribution in [3.63, 3.8) is 0 Å². The number of carbonyl (C=O) groups is 2. The van der Waals surface area contributed by atoms with Crippen LogP contribution in [0.2, 0.25) is 0 Å². The summed E-state index contributed by atoms with van der Waals surface area (Å²) in [5.41, 5.74) is -0.841. The molecule has 1 atom stereocenters. The van der Waals surface area contributed by atoms with Gasteiger partial charge in [0, 0.05) is 11.5 Å². The summed E-state index contributed by atoms with van der Waals surface area (Å²) >= 11 is 0. The first-order chi connectivity index (χ1) is 14.0. The van der Waals surface area contributed by atoms with Crippen LogP contribution < -0.4 is 15.7 Å². The lowest BCUT2D eigenvalue weighted by Gasteiger charge is -2.24. The molecule has 1 N–H and O–H groups in total. The van der Waals surface area contributed by atoms with Crippen molar-refractivity contribution in [3.8, 4) is 5.75 Å². The average Bonchev–Trinajstić information content (AvgIpc) is 2.64. The smallest absolute Gasteiger partial charge is 0.408 e. The van der Waals surface area contributed by atoms with Crippen LogP contribution in [-0.4, -0.2) is 23.7 Å². The van der Waals surface area contributed by atoms with Crippen molar-refractivity contribution >= 4 is 33.8 Å². The van der Waals surface area contributed by atoms with Crippen LogP contribution in [0.3, 0.4) is 0 Å². The predicted molar refractivity (Wildman–Crippen MR) is 114 cm³/mol. The van der Waals surface area contributed by atoms with E-state index in [0.717, 1.165) is 10.8 Å². The monoisotopic (exact) mass is 411 g/mol. The third kappa shape index (κ3) is 4.79. The minimum absolute atomic E-state index is 0.211. The molecule has 0 radical (unpaired) electrons. The highest BCUT2D eigenvalue weighted by atomic mass is 16.6. The molecule has 0 unspecified atom stereocenters. The third-order valence-electron chi connectivity index (χ3n) is 4.40. The van der Waals surface area contributed by atoms with Crippen LogP contribution >= 0.6 is 0 Å². The van der Waals surface area contributed by atoms with E-state index in [1.54, 1.807) is 58.9 Å². The summed E-state index contributed by atoms with van der Waals surface area (Å²) in [7, 11) is 0. The molecule has 0 aliphatic heterocycles. The highest BCUT2D eigenvalue weighted by Crippen LogP contribution is 2.26. The van der Waals surface area contributed by atoms with E-state index in [4.69, 9.17) is 13.9 Å². The Balaban J connectivity index is 1.85. The molecule has 1 amide bonds. The number of rotatable bonds is 4. The van der Waals surface area contributed by atoms with Gasteiger partial charge in [0.15, 0.2) is 0 Å². The molecule has 1 aromatic heterocycles. The molecule has 30 heavy (non-hydrogen) atoms. The van der Waals surface area contributed by atoms with Gasteiger partial charge in [-0.15, -0.1) is 0 Å². The first kappa shape index (κ1) is 21.4. The van der Waals surface area contributed by atoms with Crippen LogP contribution in [0.25, 0.3) is 21.7 Å². The number of hydrogen-bond acceptors (Lipinski definition) is 6. The lowest BCUT2D eigenvalue weighted by atomic mass is 10.0. The summed E-state index contributed by atoms with van der Waals surface area (Å²) in [6.45, 7) is 8.79. The first-order valence-corrected chi connectivity index (χ1v) is 9.72. The highest BCUT2D eigenvalue weighted by molar-refractivity contribution is 6.04.